The Hall–Kier alpha value is -1.28. The zero-order valence-corrected chi connectivity index (χ0v) is 13.6. The highest BCUT2D eigenvalue weighted by Crippen LogP contribution is 2.34. The van der Waals surface area contributed by atoms with Crippen LogP contribution in [0.2, 0.25) is 10.0 Å². The fraction of sp³-hybridized carbons (Fsp3) is 0.0909. The van der Waals surface area contributed by atoms with Gasteiger partial charge in [-0.3, -0.25) is 9.48 Å². The van der Waals surface area contributed by atoms with Crippen molar-refractivity contribution in [2.45, 2.75) is 4.90 Å². The molecule has 2 rings (SSSR count). The third kappa shape index (κ3) is 3.49. The molecule has 21 heavy (non-hydrogen) atoms. The van der Waals surface area contributed by atoms with Crippen LogP contribution in [-0.4, -0.2) is 24.1 Å². The van der Waals surface area contributed by atoms with Crippen LogP contribution in [0.4, 0.5) is 5.69 Å². The number of carbonyl (C=O) groups is 1. The molecule has 1 aromatic carbocycles. The number of amides is 1. The van der Waals surface area contributed by atoms with E-state index in [0.717, 1.165) is 12.1 Å². The van der Waals surface area contributed by atoms with Gasteiger partial charge in [-0.15, -0.1) is 0 Å². The predicted octanol–water partition coefficient (Wildman–Crippen LogP) is 2.91. The van der Waals surface area contributed by atoms with Crippen molar-refractivity contribution in [1.29, 1.82) is 0 Å². The van der Waals surface area contributed by atoms with E-state index >= 15 is 0 Å². The highest BCUT2D eigenvalue weighted by molar-refractivity contribution is 8.13. The Kier molecular flexibility index (Phi) is 4.48. The van der Waals surface area contributed by atoms with Crippen LogP contribution in [0.5, 0.6) is 0 Å². The summed E-state index contributed by atoms with van der Waals surface area (Å²) >= 11 is 11.9. The third-order valence-corrected chi connectivity index (χ3v) is 4.52. The van der Waals surface area contributed by atoms with E-state index in [4.69, 9.17) is 33.9 Å². The average molecular weight is 369 g/mol. The highest BCUT2D eigenvalue weighted by atomic mass is 35.7. The fourth-order valence-corrected chi connectivity index (χ4v) is 3.08. The summed E-state index contributed by atoms with van der Waals surface area (Å²) in [5.74, 6) is -0.486. The molecule has 0 atom stereocenters. The monoisotopic (exact) mass is 367 g/mol. The molecule has 0 bridgehead atoms. The molecule has 1 heterocycles. The van der Waals surface area contributed by atoms with Crippen LogP contribution in [0.1, 0.15) is 10.5 Å². The number of benzene rings is 1. The van der Waals surface area contributed by atoms with Gasteiger partial charge in [0.1, 0.15) is 5.69 Å². The molecule has 1 amide bonds. The number of hydrogen-bond acceptors (Lipinski definition) is 4. The van der Waals surface area contributed by atoms with E-state index in [1.54, 1.807) is 7.05 Å². The standard InChI is InChI=1S/C11H8Cl3N3O3S/c1-17-9(2-3-15-17)11(18)16-10-7(12)4-6(5-8(10)13)21(14,19)20/h2-5H,1H3,(H,16,18). The van der Waals surface area contributed by atoms with Crippen molar-refractivity contribution in [3.8, 4) is 0 Å². The van der Waals surface area contributed by atoms with E-state index < -0.39 is 15.0 Å². The van der Waals surface area contributed by atoms with E-state index in [0.29, 0.717) is 0 Å². The first-order valence-electron chi connectivity index (χ1n) is 5.43. The number of nitrogens with one attached hydrogen (secondary N) is 1. The predicted molar refractivity (Wildman–Crippen MR) is 80.7 cm³/mol. The molecule has 0 saturated heterocycles. The smallest absolute Gasteiger partial charge is 0.273 e. The van der Waals surface area contributed by atoms with Gasteiger partial charge in [0, 0.05) is 23.9 Å². The Bertz CT molecular complexity index is 794. The minimum Gasteiger partial charge on any atom is -0.318 e. The Morgan fingerprint density at radius 3 is 2.29 bits per heavy atom. The first-order valence-corrected chi connectivity index (χ1v) is 8.49. The Morgan fingerprint density at radius 2 is 1.86 bits per heavy atom. The maximum Gasteiger partial charge on any atom is 0.273 e. The van der Waals surface area contributed by atoms with E-state index in [-0.39, 0.29) is 26.3 Å². The van der Waals surface area contributed by atoms with Crippen LogP contribution < -0.4 is 5.32 Å². The lowest BCUT2D eigenvalue weighted by Crippen LogP contribution is -2.16. The molecule has 0 radical (unpaired) electrons. The Labute approximate surface area is 135 Å². The van der Waals surface area contributed by atoms with Gasteiger partial charge in [-0.25, -0.2) is 8.42 Å². The zero-order chi connectivity index (χ0) is 15.8. The van der Waals surface area contributed by atoms with Crippen molar-refractivity contribution in [3.05, 3.63) is 40.1 Å². The average Bonchev–Trinajstić information content (AvgIpc) is 2.78. The van der Waals surface area contributed by atoms with Gasteiger partial charge < -0.3 is 5.32 Å². The van der Waals surface area contributed by atoms with Crippen LogP contribution in [0.3, 0.4) is 0 Å². The maximum absolute atomic E-state index is 12.0. The van der Waals surface area contributed by atoms with Crippen LogP contribution in [0.15, 0.2) is 29.3 Å². The summed E-state index contributed by atoms with van der Waals surface area (Å²) < 4.78 is 23.9. The molecule has 0 aliphatic heterocycles. The first-order chi connectivity index (χ1) is 9.70. The topological polar surface area (TPSA) is 81.1 Å². The molecule has 10 heteroatoms. The maximum atomic E-state index is 12.0. The molecule has 112 valence electrons. The van der Waals surface area contributed by atoms with Crippen LogP contribution in [0.25, 0.3) is 0 Å². The molecular weight excluding hydrogens is 361 g/mol. The second-order valence-corrected chi connectivity index (χ2v) is 7.37. The Morgan fingerprint density at radius 1 is 1.29 bits per heavy atom. The van der Waals surface area contributed by atoms with Gasteiger partial charge in [-0.1, -0.05) is 23.2 Å². The van der Waals surface area contributed by atoms with Gasteiger partial charge in [0.05, 0.1) is 20.6 Å². The quantitative estimate of drug-likeness (QED) is 0.845. The van der Waals surface area contributed by atoms with Crippen molar-refractivity contribution in [2.75, 3.05) is 5.32 Å². The van der Waals surface area contributed by atoms with Crippen LogP contribution >= 0.6 is 33.9 Å². The number of aromatic nitrogens is 2. The van der Waals surface area contributed by atoms with Crippen LogP contribution in [-0.2, 0) is 16.1 Å². The minimum absolute atomic E-state index is 0.0442. The number of carbonyl (C=O) groups excluding carboxylic acids is 1. The Balaban J connectivity index is 2.38. The number of rotatable bonds is 3. The van der Waals surface area contributed by atoms with Gasteiger partial charge in [0.25, 0.3) is 15.0 Å². The zero-order valence-electron chi connectivity index (χ0n) is 10.5. The number of anilines is 1. The molecule has 0 saturated carbocycles. The van der Waals surface area contributed by atoms with Crippen molar-refractivity contribution in [2.24, 2.45) is 7.05 Å². The molecule has 0 aliphatic rings. The largest absolute Gasteiger partial charge is 0.318 e. The minimum atomic E-state index is -3.97. The van der Waals surface area contributed by atoms with Crippen molar-refractivity contribution in [3.63, 3.8) is 0 Å². The SMILES string of the molecule is Cn1nccc1C(=O)Nc1c(Cl)cc(S(=O)(=O)Cl)cc1Cl. The number of hydrogen-bond donors (Lipinski definition) is 1. The summed E-state index contributed by atoms with van der Waals surface area (Å²) in [6.07, 6.45) is 1.46. The van der Waals surface area contributed by atoms with Crippen molar-refractivity contribution < 1.29 is 13.2 Å². The molecular formula is C11H8Cl3N3O3S. The summed E-state index contributed by atoms with van der Waals surface area (Å²) in [6, 6.07) is 3.72. The van der Waals surface area contributed by atoms with Gasteiger partial charge >= 0.3 is 0 Å². The molecule has 1 N–H and O–H groups in total. The number of nitrogens with zero attached hydrogens (tertiary/aromatic N) is 2. The number of halogens is 3. The fourth-order valence-electron chi connectivity index (χ4n) is 1.58. The molecule has 0 fully saturated rings. The molecule has 6 nitrogen and oxygen atoms in total. The summed E-state index contributed by atoms with van der Waals surface area (Å²) in [6.45, 7) is 0. The lowest BCUT2D eigenvalue weighted by atomic mass is 10.3. The lowest BCUT2D eigenvalue weighted by Gasteiger charge is -2.10. The van der Waals surface area contributed by atoms with Crippen molar-refractivity contribution in [1.82, 2.24) is 9.78 Å². The summed E-state index contributed by atoms with van der Waals surface area (Å²) in [5.41, 5.74) is 0.379. The highest BCUT2D eigenvalue weighted by Gasteiger charge is 2.19. The molecule has 0 spiro atoms. The second kappa shape index (κ2) is 5.84. The van der Waals surface area contributed by atoms with Crippen molar-refractivity contribution >= 4 is 54.5 Å². The third-order valence-electron chi connectivity index (χ3n) is 2.59. The summed E-state index contributed by atoms with van der Waals surface area (Å²) in [5, 5.41) is 6.27. The molecule has 0 aliphatic carbocycles. The van der Waals surface area contributed by atoms with E-state index in [1.807, 2.05) is 0 Å². The van der Waals surface area contributed by atoms with Gasteiger partial charge in [-0.2, -0.15) is 5.10 Å². The first kappa shape index (κ1) is 16.1. The van der Waals surface area contributed by atoms with E-state index in [9.17, 15) is 13.2 Å². The summed E-state index contributed by atoms with van der Waals surface area (Å²) in [4.78, 5) is 11.8. The number of aryl methyl sites for hydroxylation is 1. The normalized spacial score (nSPS) is 11.4. The molecule has 0 unspecified atom stereocenters. The second-order valence-electron chi connectivity index (χ2n) is 3.99. The van der Waals surface area contributed by atoms with Gasteiger partial charge in [0.15, 0.2) is 0 Å². The van der Waals surface area contributed by atoms with Gasteiger partial charge in [-0.05, 0) is 18.2 Å². The lowest BCUT2D eigenvalue weighted by molar-refractivity contribution is 0.101. The van der Waals surface area contributed by atoms with E-state index in [1.165, 1.54) is 16.9 Å². The molecule has 2 aromatic rings. The summed E-state index contributed by atoms with van der Waals surface area (Å²) in [7, 11) is 2.85. The molecule has 1 aromatic heterocycles. The van der Waals surface area contributed by atoms with Gasteiger partial charge in [0.2, 0.25) is 0 Å². The van der Waals surface area contributed by atoms with E-state index in [2.05, 4.69) is 10.4 Å². The van der Waals surface area contributed by atoms with Crippen LogP contribution in [0, 0.1) is 0 Å².